The summed E-state index contributed by atoms with van der Waals surface area (Å²) in [5.74, 6) is 1.39. The van der Waals surface area contributed by atoms with E-state index in [9.17, 15) is 0 Å². The van der Waals surface area contributed by atoms with Gasteiger partial charge in [0, 0.05) is 12.1 Å². The van der Waals surface area contributed by atoms with E-state index < -0.39 is 0 Å². The Morgan fingerprint density at radius 1 is 1.25 bits per heavy atom. The number of hydrogen-bond donors (Lipinski definition) is 1. The zero-order chi connectivity index (χ0) is 14.4. The Morgan fingerprint density at radius 3 is 2.85 bits per heavy atom. The van der Waals surface area contributed by atoms with Crippen LogP contribution in [0.2, 0.25) is 0 Å². The van der Waals surface area contributed by atoms with Crippen LogP contribution in [-0.2, 0) is 6.54 Å². The van der Waals surface area contributed by atoms with E-state index in [0.29, 0.717) is 11.4 Å². The first-order valence-electron chi connectivity index (χ1n) is 6.96. The fourth-order valence-electron chi connectivity index (χ4n) is 2.10. The molecule has 0 spiro atoms. The highest BCUT2D eigenvalue weighted by Crippen LogP contribution is 2.27. The van der Waals surface area contributed by atoms with Crippen molar-refractivity contribution in [2.75, 3.05) is 12.8 Å². The van der Waals surface area contributed by atoms with E-state index in [-0.39, 0.29) is 0 Å². The van der Waals surface area contributed by atoms with Crippen LogP contribution in [0.3, 0.4) is 0 Å². The third kappa shape index (κ3) is 3.26. The number of nitrogens with zero attached hydrogens (tertiary/aromatic N) is 4. The van der Waals surface area contributed by atoms with Gasteiger partial charge in [-0.3, -0.25) is 0 Å². The molecule has 0 radical (unpaired) electrons. The number of hydrogen-bond acceptors (Lipinski definition) is 5. The Bertz CT molecular complexity index is 552. The van der Waals surface area contributed by atoms with Crippen molar-refractivity contribution in [2.45, 2.75) is 39.2 Å². The summed E-state index contributed by atoms with van der Waals surface area (Å²) in [6, 6.07) is 5.58. The molecule has 0 aliphatic rings. The summed E-state index contributed by atoms with van der Waals surface area (Å²) in [5.41, 5.74) is 7.34. The number of nitrogens with two attached hydrogens (primary N) is 1. The van der Waals surface area contributed by atoms with Crippen molar-refractivity contribution in [1.29, 1.82) is 0 Å². The number of benzene rings is 1. The molecule has 0 unspecified atom stereocenters. The van der Waals surface area contributed by atoms with Crippen LogP contribution in [0.5, 0.6) is 5.75 Å². The van der Waals surface area contributed by atoms with E-state index in [0.717, 1.165) is 24.4 Å². The molecule has 0 fully saturated rings. The summed E-state index contributed by atoms with van der Waals surface area (Å²) in [7, 11) is 1.60. The zero-order valence-electron chi connectivity index (χ0n) is 12.0. The van der Waals surface area contributed by atoms with Gasteiger partial charge in [-0.2, -0.15) is 0 Å². The van der Waals surface area contributed by atoms with Gasteiger partial charge in [0.2, 0.25) is 0 Å². The van der Waals surface area contributed by atoms with E-state index >= 15 is 0 Å². The Morgan fingerprint density at radius 2 is 2.10 bits per heavy atom. The maximum Gasteiger partial charge on any atom is 0.182 e. The Hall–Kier alpha value is -2.11. The number of methoxy groups -OCH3 is 1. The number of aromatic nitrogens is 4. The molecule has 0 bridgehead atoms. The molecule has 0 amide bonds. The molecular formula is C14H21N5O. The minimum atomic E-state index is 0.609. The molecule has 6 heteroatoms. The van der Waals surface area contributed by atoms with E-state index in [1.54, 1.807) is 7.11 Å². The van der Waals surface area contributed by atoms with Crippen molar-refractivity contribution >= 4 is 5.69 Å². The molecule has 2 aromatic rings. The highest BCUT2D eigenvalue weighted by atomic mass is 16.5. The predicted molar refractivity (Wildman–Crippen MR) is 78.4 cm³/mol. The van der Waals surface area contributed by atoms with Gasteiger partial charge in [-0.1, -0.05) is 26.2 Å². The van der Waals surface area contributed by atoms with Crippen LogP contribution in [-0.4, -0.2) is 27.3 Å². The lowest BCUT2D eigenvalue weighted by Crippen LogP contribution is -2.03. The normalized spacial score (nSPS) is 10.7. The minimum absolute atomic E-state index is 0.609. The molecule has 1 aromatic heterocycles. The summed E-state index contributed by atoms with van der Waals surface area (Å²) >= 11 is 0. The van der Waals surface area contributed by atoms with Crippen LogP contribution >= 0.6 is 0 Å². The summed E-state index contributed by atoms with van der Waals surface area (Å²) in [6.07, 6.45) is 4.74. The topological polar surface area (TPSA) is 78.9 Å². The van der Waals surface area contributed by atoms with Gasteiger partial charge in [0.05, 0.1) is 12.8 Å². The first kappa shape index (κ1) is 14.3. The molecule has 0 aliphatic carbocycles. The molecule has 2 N–H and O–H groups in total. The van der Waals surface area contributed by atoms with Crippen LogP contribution < -0.4 is 10.5 Å². The second kappa shape index (κ2) is 6.88. The third-order valence-electron chi connectivity index (χ3n) is 3.25. The standard InChI is InChI=1S/C14H21N5O/c1-3-4-5-6-9-19-14(16-17-18-19)11-7-8-12(15)13(10-11)20-2/h7-8,10H,3-6,9,15H2,1-2H3. The first-order valence-corrected chi connectivity index (χ1v) is 6.96. The molecule has 1 aromatic carbocycles. The number of tetrazole rings is 1. The second-order valence-electron chi connectivity index (χ2n) is 4.74. The Kier molecular flexibility index (Phi) is 4.92. The minimum Gasteiger partial charge on any atom is -0.495 e. The van der Waals surface area contributed by atoms with Crippen molar-refractivity contribution in [3.63, 3.8) is 0 Å². The number of anilines is 1. The van der Waals surface area contributed by atoms with Gasteiger partial charge in [0.15, 0.2) is 5.82 Å². The number of nitrogen functional groups attached to an aromatic ring is 1. The van der Waals surface area contributed by atoms with Crippen LogP contribution in [0, 0.1) is 0 Å². The van der Waals surface area contributed by atoms with Crippen molar-refractivity contribution in [1.82, 2.24) is 20.2 Å². The van der Waals surface area contributed by atoms with Gasteiger partial charge in [-0.25, -0.2) is 4.68 Å². The SMILES string of the molecule is CCCCCCn1nnnc1-c1ccc(N)c(OC)c1. The lowest BCUT2D eigenvalue weighted by Gasteiger charge is -2.08. The molecule has 108 valence electrons. The van der Waals surface area contributed by atoms with Crippen molar-refractivity contribution < 1.29 is 4.74 Å². The lowest BCUT2D eigenvalue weighted by atomic mass is 10.1. The van der Waals surface area contributed by atoms with Gasteiger partial charge >= 0.3 is 0 Å². The number of aryl methyl sites for hydroxylation is 1. The summed E-state index contributed by atoms with van der Waals surface area (Å²) < 4.78 is 7.07. The Balaban J connectivity index is 2.14. The van der Waals surface area contributed by atoms with Gasteiger partial charge in [-0.15, -0.1) is 5.10 Å². The predicted octanol–water partition coefficient (Wildman–Crippen LogP) is 2.51. The van der Waals surface area contributed by atoms with E-state index in [4.69, 9.17) is 10.5 Å². The number of unbranched alkanes of at least 4 members (excludes halogenated alkanes) is 3. The van der Waals surface area contributed by atoms with Gasteiger partial charge in [0.1, 0.15) is 5.75 Å². The van der Waals surface area contributed by atoms with Crippen molar-refractivity contribution in [3.8, 4) is 17.1 Å². The molecule has 20 heavy (non-hydrogen) atoms. The van der Waals surface area contributed by atoms with E-state index in [1.165, 1.54) is 19.3 Å². The first-order chi connectivity index (χ1) is 9.76. The van der Waals surface area contributed by atoms with Crippen LogP contribution in [0.15, 0.2) is 18.2 Å². The molecule has 2 rings (SSSR count). The lowest BCUT2D eigenvalue weighted by molar-refractivity contribution is 0.417. The highest BCUT2D eigenvalue weighted by Gasteiger charge is 2.10. The summed E-state index contributed by atoms with van der Waals surface area (Å²) in [5, 5.41) is 11.9. The maximum absolute atomic E-state index is 5.82. The monoisotopic (exact) mass is 275 g/mol. The van der Waals surface area contributed by atoms with Crippen LogP contribution in [0.4, 0.5) is 5.69 Å². The quantitative estimate of drug-likeness (QED) is 0.620. The number of rotatable bonds is 7. The summed E-state index contributed by atoms with van der Waals surface area (Å²) in [6.45, 7) is 3.03. The fraction of sp³-hybridized carbons (Fsp3) is 0.500. The zero-order valence-corrected chi connectivity index (χ0v) is 12.0. The molecule has 1 heterocycles. The van der Waals surface area contributed by atoms with Gasteiger partial charge in [-0.05, 0) is 35.0 Å². The maximum atomic E-state index is 5.82. The molecule has 6 nitrogen and oxygen atoms in total. The average molecular weight is 275 g/mol. The van der Waals surface area contributed by atoms with E-state index in [2.05, 4.69) is 22.4 Å². The number of ether oxygens (including phenoxy) is 1. The average Bonchev–Trinajstić information content (AvgIpc) is 2.92. The van der Waals surface area contributed by atoms with Crippen LogP contribution in [0.25, 0.3) is 11.4 Å². The Labute approximate surface area is 118 Å². The molecular weight excluding hydrogens is 254 g/mol. The van der Waals surface area contributed by atoms with Gasteiger partial charge in [0.25, 0.3) is 0 Å². The molecule has 0 saturated carbocycles. The summed E-state index contributed by atoms with van der Waals surface area (Å²) in [4.78, 5) is 0. The van der Waals surface area contributed by atoms with Crippen molar-refractivity contribution in [3.05, 3.63) is 18.2 Å². The third-order valence-corrected chi connectivity index (χ3v) is 3.25. The fourth-order valence-corrected chi connectivity index (χ4v) is 2.10. The molecule has 0 saturated heterocycles. The van der Waals surface area contributed by atoms with Gasteiger partial charge < -0.3 is 10.5 Å². The molecule has 0 atom stereocenters. The largest absolute Gasteiger partial charge is 0.495 e. The second-order valence-corrected chi connectivity index (χ2v) is 4.74. The highest BCUT2D eigenvalue weighted by molar-refractivity contribution is 5.65. The van der Waals surface area contributed by atoms with Crippen LogP contribution in [0.1, 0.15) is 32.6 Å². The smallest absolute Gasteiger partial charge is 0.182 e. The van der Waals surface area contributed by atoms with Crippen molar-refractivity contribution in [2.24, 2.45) is 0 Å². The van der Waals surface area contributed by atoms with E-state index in [1.807, 2.05) is 22.9 Å². The molecule has 0 aliphatic heterocycles.